The molecule has 4 aliphatic heterocycles. The van der Waals surface area contributed by atoms with Crippen molar-refractivity contribution in [1.82, 2.24) is 4.90 Å². The molecule has 0 saturated carbocycles. The summed E-state index contributed by atoms with van der Waals surface area (Å²) in [6.07, 6.45) is 3.68. The fourth-order valence-electron chi connectivity index (χ4n) is 5.10. The highest BCUT2D eigenvalue weighted by Gasteiger charge is 2.31. The van der Waals surface area contributed by atoms with Crippen LogP contribution in [0.1, 0.15) is 30.4 Å². The molecule has 0 aliphatic carbocycles. The molecule has 1 saturated heterocycles. The van der Waals surface area contributed by atoms with E-state index in [1.54, 1.807) is 0 Å². The van der Waals surface area contributed by atoms with Crippen LogP contribution in [0.25, 0.3) is 0 Å². The number of nitrogens with one attached hydrogen (secondary N) is 2. The second-order valence-corrected chi connectivity index (χ2v) is 9.18. The van der Waals surface area contributed by atoms with Gasteiger partial charge in [0.1, 0.15) is 24.6 Å². The van der Waals surface area contributed by atoms with Crippen LogP contribution in [0.4, 0.5) is 11.4 Å². The molecule has 33 heavy (non-hydrogen) atoms. The number of piperidine rings is 1. The van der Waals surface area contributed by atoms with Crippen molar-refractivity contribution in [1.29, 1.82) is 0 Å². The number of fused-ring (bicyclic) bond motifs is 4. The number of nitrogens with zero attached hydrogens (tertiary/aromatic N) is 1. The second-order valence-electron chi connectivity index (χ2n) is 9.18. The molecule has 4 heterocycles. The van der Waals surface area contributed by atoms with Crippen LogP contribution < -0.4 is 24.8 Å². The number of carbonyl (C=O) groups excluding carboxylic acids is 2. The second kappa shape index (κ2) is 8.26. The Bertz CT molecular complexity index is 1110. The summed E-state index contributed by atoms with van der Waals surface area (Å²) in [6.45, 7) is 3.14. The molecule has 8 nitrogen and oxygen atoms in total. The Hall–Kier alpha value is -3.26. The molecule has 8 heteroatoms. The third-order valence-corrected chi connectivity index (χ3v) is 6.82. The van der Waals surface area contributed by atoms with Crippen LogP contribution in [0, 0.1) is 0 Å². The van der Waals surface area contributed by atoms with E-state index < -0.39 is 0 Å². The topological polar surface area (TPSA) is 89.1 Å². The summed E-state index contributed by atoms with van der Waals surface area (Å²) in [7, 11) is 0. The van der Waals surface area contributed by atoms with E-state index in [0.29, 0.717) is 25.2 Å². The molecule has 6 rings (SSSR count). The maximum absolute atomic E-state index is 11.7. The standard InChI is InChI=1S/C25H27N3O5/c29-23-6-2-15-1-3-17(11-21(15)27-23)32-16-7-9-28(10-8-16)13-18-14-31-25-19-12-24(30)26-20(19)4-5-22(25)33-18/h1,3-5,11,16,18H,2,6-10,12-14H2,(H,26,30)(H,27,29). The lowest BCUT2D eigenvalue weighted by atomic mass is 10.0. The van der Waals surface area contributed by atoms with Gasteiger partial charge in [0, 0.05) is 49.1 Å². The number of likely N-dealkylation sites (tertiary alicyclic amines) is 1. The van der Waals surface area contributed by atoms with E-state index in [1.807, 2.05) is 24.3 Å². The number of anilines is 2. The predicted octanol–water partition coefficient (Wildman–Crippen LogP) is 2.75. The van der Waals surface area contributed by atoms with E-state index in [0.717, 1.165) is 67.3 Å². The summed E-state index contributed by atoms with van der Waals surface area (Å²) in [5, 5.41) is 5.79. The van der Waals surface area contributed by atoms with Gasteiger partial charge in [-0.25, -0.2) is 0 Å². The van der Waals surface area contributed by atoms with Crippen LogP contribution in [0.15, 0.2) is 30.3 Å². The number of benzene rings is 2. The Kier molecular flexibility index (Phi) is 5.10. The van der Waals surface area contributed by atoms with Crippen molar-refractivity contribution in [2.45, 2.75) is 44.3 Å². The molecule has 0 radical (unpaired) electrons. The zero-order valence-corrected chi connectivity index (χ0v) is 18.4. The first-order valence-corrected chi connectivity index (χ1v) is 11.7. The highest BCUT2D eigenvalue weighted by Crippen LogP contribution is 2.42. The van der Waals surface area contributed by atoms with Gasteiger partial charge in [0.25, 0.3) is 0 Å². The van der Waals surface area contributed by atoms with Crippen LogP contribution >= 0.6 is 0 Å². The SMILES string of the molecule is O=C1CCc2ccc(OC3CCN(CC4COc5c(ccc6c5CC(=O)N6)O4)CC3)cc2N1. The molecule has 2 N–H and O–H groups in total. The van der Waals surface area contributed by atoms with Crippen molar-refractivity contribution >= 4 is 23.2 Å². The maximum atomic E-state index is 11.7. The quantitative estimate of drug-likeness (QED) is 0.746. The van der Waals surface area contributed by atoms with Gasteiger partial charge in [-0.3, -0.25) is 14.5 Å². The van der Waals surface area contributed by atoms with Crippen LogP contribution in [0.2, 0.25) is 0 Å². The molecule has 2 amide bonds. The Morgan fingerprint density at radius 2 is 1.85 bits per heavy atom. The van der Waals surface area contributed by atoms with Crippen molar-refractivity contribution in [3.05, 3.63) is 41.5 Å². The molecule has 1 fully saturated rings. The summed E-state index contributed by atoms with van der Waals surface area (Å²) in [5.41, 5.74) is 3.77. The van der Waals surface area contributed by atoms with Crippen molar-refractivity contribution in [3.63, 3.8) is 0 Å². The van der Waals surface area contributed by atoms with Crippen LogP contribution in [-0.4, -0.2) is 55.2 Å². The summed E-state index contributed by atoms with van der Waals surface area (Å²) >= 11 is 0. The van der Waals surface area contributed by atoms with Gasteiger partial charge in [0.15, 0.2) is 11.5 Å². The van der Waals surface area contributed by atoms with Crippen molar-refractivity contribution in [2.24, 2.45) is 0 Å². The zero-order chi connectivity index (χ0) is 22.4. The van der Waals surface area contributed by atoms with E-state index in [-0.39, 0.29) is 24.0 Å². The first-order valence-electron chi connectivity index (χ1n) is 11.7. The summed E-state index contributed by atoms with van der Waals surface area (Å²) in [5.74, 6) is 2.30. The number of rotatable bonds is 4. The van der Waals surface area contributed by atoms with Gasteiger partial charge in [-0.2, -0.15) is 0 Å². The highest BCUT2D eigenvalue weighted by atomic mass is 16.6. The molecule has 4 aliphatic rings. The van der Waals surface area contributed by atoms with Gasteiger partial charge in [0.05, 0.1) is 6.42 Å². The minimum absolute atomic E-state index is 0.00523. The first-order chi connectivity index (χ1) is 16.1. The highest BCUT2D eigenvalue weighted by molar-refractivity contribution is 6.00. The lowest BCUT2D eigenvalue weighted by Gasteiger charge is -2.36. The third kappa shape index (κ3) is 4.11. The lowest BCUT2D eigenvalue weighted by molar-refractivity contribution is -0.116. The lowest BCUT2D eigenvalue weighted by Crippen LogP contribution is -2.46. The number of hydrogen-bond acceptors (Lipinski definition) is 6. The van der Waals surface area contributed by atoms with Crippen molar-refractivity contribution < 1.29 is 23.8 Å². The van der Waals surface area contributed by atoms with Gasteiger partial charge in [0.2, 0.25) is 11.8 Å². The fourth-order valence-corrected chi connectivity index (χ4v) is 5.10. The molecule has 1 atom stereocenters. The predicted molar refractivity (Wildman–Crippen MR) is 122 cm³/mol. The largest absolute Gasteiger partial charge is 0.490 e. The molecule has 1 unspecified atom stereocenters. The molecule has 172 valence electrons. The van der Waals surface area contributed by atoms with Gasteiger partial charge >= 0.3 is 0 Å². The maximum Gasteiger partial charge on any atom is 0.229 e. The minimum Gasteiger partial charge on any atom is -0.490 e. The average Bonchev–Trinajstić information content (AvgIpc) is 3.20. The Labute approximate surface area is 192 Å². The molecule has 0 bridgehead atoms. The monoisotopic (exact) mass is 449 g/mol. The average molecular weight is 450 g/mol. The third-order valence-electron chi connectivity index (χ3n) is 6.82. The number of hydrogen-bond donors (Lipinski definition) is 2. The number of amides is 2. The Morgan fingerprint density at radius 3 is 2.73 bits per heavy atom. The van der Waals surface area contributed by atoms with Gasteiger partial charge < -0.3 is 24.8 Å². The normalized spacial score (nSPS) is 22.2. The first kappa shape index (κ1) is 20.4. The van der Waals surface area contributed by atoms with E-state index in [2.05, 4.69) is 21.6 Å². The van der Waals surface area contributed by atoms with E-state index in [9.17, 15) is 9.59 Å². The number of ether oxygens (including phenoxy) is 3. The summed E-state index contributed by atoms with van der Waals surface area (Å²) < 4.78 is 18.5. The van der Waals surface area contributed by atoms with E-state index >= 15 is 0 Å². The van der Waals surface area contributed by atoms with Gasteiger partial charge in [-0.15, -0.1) is 0 Å². The minimum atomic E-state index is -0.0395. The van der Waals surface area contributed by atoms with Crippen molar-refractivity contribution in [2.75, 3.05) is 36.9 Å². The molecule has 2 aromatic carbocycles. The number of carbonyl (C=O) groups is 2. The summed E-state index contributed by atoms with van der Waals surface area (Å²) in [6, 6.07) is 9.78. The van der Waals surface area contributed by atoms with E-state index in [4.69, 9.17) is 14.2 Å². The molecule has 0 aromatic heterocycles. The molecular formula is C25H27N3O5. The van der Waals surface area contributed by atoms with E-state index in [1.165, 1.54) is 5.56 Å². The van der Waals surface area contributed by atoms with Crippen molar-refractivity contribution in [3.8, 4) is 17.2 Å². The molecular weight excluding hydrogens is 422 g/mol. The fraction of sp³-hybridized carbons (Fsp3) is 0.440. The van der Waals surface area contributed by atoms with Gasteiger partial charge in [-0.05, 0) is 43.0 Å². The Balaban J connectivity index is 1.02. The van der Waals surface area contributed by atoms with Crippen LogP contribution in [-0.2, 0) is 22.4 Å². The van der Waals surface area contributed by atoms with Crippen LogP contribution in [0.3, 0.4) is 0 Å². The Morgan fingerprint density at radius 1 is 1.00 bits per heavy atom. The molecule has 0 spiro atoms. The molecule has 2 aromatic rings. The number of aryl methyl sites for hydroxylation is 1. The smallest absolute Gasteiger partial charge is 0.229 e. The summed E-state index contributed by atoms with van der Waals surface area (Å²) in [4.78, 5) is 25.7. The zero-order valence-electron chi connectivity index (χ0n) is 18.4. The van der Waals surface area contributed by atoms with Crippen LogP contribution in [0.5, 0.6) is 17.2 Å². The van der Waals surface area contributed by atoms with Gasteiger partial charge in [-0.1, -0.05) is 6.07 Å².